The second-order valence-electron chi connectivity index (χ2n) is 4.26. The number of phenolic OH excluding ortho intramolecular Hbond substituents is 1. The fourth-order valence-electron chi connectivity index (χ4n) is 2.00. The molecule has 0 unspecified atom stereocenters. The minimum absolute atomic E-state index is 0.167. The lowest BCUT2D eigenvalue weighted by Crippen LogP contribution is -1.86. The molecule has 0 bridgehead atoms. The first-order valence-corrected chi connectivity index (χ1v) is 5.56. The molecular weight excluding hydrogens is 212 g/mol. The fraction of sp³-hybridized carbons (Fsp3) is 0.200. The zero-order valence-corrected chi connectivity index (χ0v) is 10.3. The molecule has 88 valence electrons. The van der Waals surface area contributed by atoms with E-state index >= 15 is 0 Å². The zero-order valence-electron chi connectivity index (χ0n) is 10.3. The first-order valence-electron chi connectivity index (χ1n) is 5.56. The topological polar surface area (TPSA) is 29.5 Å². The van der Waals surface area contributed by atoms with E-state index in [0.717, 1.165) is 11.1 Å². The minimum Gasteiger partial charge on any atom is -0.504 e. The molecule has 0 aliphatic heterocycles. The van der Waals surface area contributed by atoms with Gasteiger partial charge in [0, 0.05) is 0 Å². The van der Waals surface area contributed by atoms with Gasteiger partial charge in [-0.05, 0) is 37.1 Å². The molecule has 0 saturated heterocycles. The van der Waals surface area contributed by atoms with Crippen molar-refractivity contribution in [2.45, 2.75) is 13.8 Å². The van der Waals surface area contributed by atoms with Gasteiger partial charge in [0.1, 0.15) is 0 Å². The summed E-state index contributed by atoms with van der Waals surface area (Å²) in [6.45, 7) is 4.16. The lowest BCUT2D eigenvalue weighted by Gasteiger charge is -2.08. The molecular formula is C15H16O2. The van der Waals surface area contributed by atoms with Gasteiger partial charge in [-0.1, -0.05) is 35.4 Å². The third-order valence-corrected chi connectivity index (χ3v) is 2.73. The molecule has 2 nitrogen and oxygen atoms in total. The molecule has 0 radical (unpaired) electrons. The minimum atomic E-state index is 0.167. The van der Waals surface area contributed by atoms with E-state index in [1.807, 2.05) is 12.1 Å². The molecule has 0 amide bonds. The van der Waals surface area contributed by atoms with Crippen molar-refractivity contribution >= 4 is 0 Å². The monoisotopic (exact) mass is 228 g/mol. The van der Waals surface area contributed by atoms with Crippen molar-refractivity contribution in [3.63, 3.8) is 0 Å². The summed E-state index contributed by atoms with van der Waals surface area (Å²) >= 11 is 0. The van der Waals surface area contributed by atoms with E-state index in [4.69, 9.17) is 4.74 Å². The first-order chi connectivity index (χ1) is 8.10. The van der Waals surface area contributed by atoms with Crippen LogP contribution in [0, 0.1) is 13.8 Å². The van der Waals surface area contributed by atoms with Crippen molar-refractivity contribution in [1.82, 2.24) is 0 Å². The normalized spacial score (nSPS) is 10.3. The predicted molar refractivity (Wildman–Crippen MR) is 69.6 cm³/mol. The molecule has 0 aliphatic carbocycles. The van der Waals surface area contributed by atoms with Crippen molar-refractivity contribution in [2.24, 2.45) is 0 Å². The summed E-state index contributed by atoms with van der Waals surface area (Å²) in [6.07, 6.45) is 0. The lowest BCUT2D eigenvalue weighted by atomic mass is 10.0. The zero-order chi connectivity index (χ0) is 12.4. The van der Waals surface area contributed by atoms with Gasteiger partial charge in [-0.3, -0.25) is 0 Å². The highest BCUT2D eigenvalue weighted by Crippen LogP contribution is 2.32. The van der Waals surface area contributed by atoms with Crippen LogP contribution in [0.3, 0.4) is 0 Å². The van der Waals surface area contributed by atoms with Crippen LogP contribution in [0.4, 0.5) is 0 Å². The van der Waals surface area contributed by atoms with Crippen molar-refractivity contribution in [3.8, 4) is 22.6 Å². The highest BCUT2D eigenvalue weighted by molar-refractivity contribution is 5.68. The number of hydrogen-bond acceptors (Lipinski definition) is 2. The van der Waals surface area contributed by atoms with Gasteiger partial charge in [0.15, 0.2) is 11.5 Å². The molecule has 2 rings (SSSR count). The molecule has 0 aliphatic rings. The number of aryl methyl sites for hydroxylation is 2. The Kier molecular flexibility index (Phi) is 3.05. The maximum absolute atomic E-state index is 9.57. The van der Waals surface area contributed by atoms with E-state index in [9.17, 15) is 5.11 Å². The van der Waals surface area contributed by atoms with E-state index in [1.54, 1.807) is 13.2 Å². The number of hydrogen-bond donors (Lipinski definition) is 1. The SMILES string of the molecule is COc1cc(-c2cc(C)cc(C)c2)ccc1O. The summed E-state index contributed by atoms with van der Waals surface area (Å²) in [5.41, 5.74) is 4.64. The van der Waals surface area contributed by atoms with Gasteiger partial charge in [-0.25, -0.2) is 0 Å². The highest BCUT2D eigenvalue weighted by atomic mass is 16.5. The maximum atomic E-state index is 9.57. The van der Waals surface area contributed by atoms with Crippen LogP contribution >= 0.6 is 0 Å². The van der Waals surface area contributed by atoms with Crippen LogP contribution < -0.4 is 4.74 Å². The molecule has 0 fully saturated rings. The number of benzene rings is 2. The molecule has 0 aromatic heterocycles. The summed E-state index contributed by atoms with van der Waals surface area (Å²) < 4.78 is 5.12. The van der Waals surface area contributed by atoms with Gasteiger partial charge in [0.2, 0.25) is 0 Å². The van der Waals surface area contributed by atoms with Crippen LogP contribution in [0.1, 0.15) is 11.1 Å². The Morgan fingerprint density at radius 2 is 1.53 bits per heavy atom. The Labute approximate surface area is 101 Å². The summed E-state index contributed by atoms with van der Waals surface area (Å²) in [7, 11) is 1.56. The predicted octanol–water partition coefficient (Wildman–Crippen LogP) is 3.68. The number of methoxy groups -OCH3 is 1. The average molecular weight is 228 g/mol. The average Bonchev–Trinajstić information content (AvgIpc) is 2.28. The van der Waals surface area contributed by atoms with Crippen LogP contribution in [0.5, 0.6) is 11.5 Å². The molecule has 17 heavy (non-hydrogen) atoms. The van der Waals surface area contributed by atoms with Crippen molar-refractivity contribution in [2.75, 3.05) is 7.11 Å². The molecule has 2 heteroatoms. The van der Waals surface area contributed by atoms with Gasteiger partial charge in [0.25, 0.3) is 0 Å². The maximum Gasteiger partial charge on any atom is 0.161 e. The third-order valence-electron chi connectivity index (χ3n) is 2.73. The van der Waals surface area contributed by atoms with Gasteiger partial charge < -0.3 is 9.84 Å². The molecule has 0 heterocycles. The highest BCUT2D eigenvalue weighted by Gasteiger charge is 2.05. The van der Waals surface area contributed by atoms with Crippen LogP contribution in [-0.4, -0.2) is 12.2 Å². The van der Waals surface area contributed by atoms with Gasteiger partial charge in [0.05, 0.1) is 7.11 Å². The van der Waals surface area contributed by atoms with E-state index < -0.39 is 0 Å². The summed E-state index contributed by atoms with van der Waals surface area (Å²) in [5.74, 6) is 0.669. The summed E-state index contributed by atoms with van der Waals surface area (Å²) in [5, 5.41) is 9.57. The Balaban J connectivity index is 2.52. The first kappa shape index (κ1) is 11.5. The molecule has 1 N–H and O–H groups in total. The Morgan fingerprint density at radius 1 is 0.882 bits per heavy atom. The van der Waals surface area contributed by atoms with Gasteiger partial charge in [-0.15, -0.1) is 0 Å². The standard InChI is InChI=1S/C15H16O2/c1-10-6-11(2)8-13(7-10)12-4-5-14(16)15(9-12)17-3/h4-9,16H,1-3H3. The molecule has 0 spiro atoms. The third kappa shape index (κ3) is 2.41. The number of rotatable bonds is 2. The van der Waals surface area contributed by atoms with Crippen LogP contribution in [0.2, 0.25) is 0 Å². The molecule has 2 aromatic carbocycles. The second-order valence-corrected chi connectivity index (χ2v) is 4.26. The van der Waals surface area contributed by atoms with Crippen LogP contribution in [-0.2, 0) is 0 Å². The molecule has 0 saturated carbocycles. The molecule has 0 atom stereocenters. The van der Waals surface area contributed by atoms with Crippen molar-refractivity contribution < 1.29 is 9.84 Å². The smallest absolute Gasteiger partial charge is 0.161 e. The fourth-order valence-corrected chi connectivity index (χ4v) is 2.00. The van der Waals surface area contributed by atoms with Crippen LogP contribution in [0.25, 0.3) is 11.1 Å². The lowest BCUT2D eigenvalue weighted by molar-refractivity contribution is 0.373. The summed E-state index contributed by atoms with van der Waals surface area (Å²) in [4.78, 5) is 0. The van der Waals surface area contributed by atoms with Gasteiger partial charge in [-0.2, -0.15) is 0 Å². The van der Waals surface area contributed by atoms with E-state index in [1.165, 1.54) is 11.1 Å². The molecule has 2 aromatic rings. The Bertz CT molecular complexity index is 524. The van der Waals surface area contributed by atoms with E-state index in [0.29, 0.717) is 5.75 Å². The van der Waals surface area contributed by atoms with E-state index in [-0.39, 0.29) is 5.75 Å². The summed E-state index contributed by atoms with van der Waals surface area (Å²) in [6, 6.07) is 11.8. The van der Waals surface area contributed by atoms with Crippen molar-refractivity contribution in [1.29, 1.82) is 0 Å². The van der Waals surface area contributed by atoms with Gasteiger partial charge >= 0.3 is 0 Å². The number of aromatic hydroxyl groups is 1. The van der Waals surface area contributed by atoms with Crippen LogP contribution in [0.15, 0.2) is 36.4 Å². The van der Waals surface area contributed by atoms with E-state index in [2.05, 4.69) is 32.0 Å². The quantitative estimate of drug-likeness (QED) is 0.849. The second kappa shape index (κ2) is 4.50. The number of phenols is 1. The number of ether oxygens (including phenoxy) is 1. The Hall–Kier alpha value is -1.96. The Morgan fingerprint density at radius 3 is 2.12 bits per heavy atom. The largest absolute Gasteiger partial charge is 0.504 e. The van der Waals surface area contributed by atoms with Crippen molar-refractivity contribution in [3.05, 3.63) is 47.5 Å².